The number of aromatic hydroxyl groups is 1. The molecule has 0 aliphatic rings. The van der Waals surface area contributed by atoms with Crippen molar-refractivity contribution < 1.29 is 19.9 Å². The zero-order valence-electron chi connectivity index (χ0n) is 9.39. The highest BCUT2D eigenvalue weighted by Gasteiger charge is 2.40. The Kier molecular flexibility index (Phi) is 4.12. The summed E-state index contributed by atoms with van der Waals surface area (Å²) >= 11 is 0. The molecular weight excluding hydrogens is 268 g/mol. The number of nitrogen functional groups attached to an aromatic ring is 2. The number of phenols is 1. The largest absolute Gasteiger partial charge is 0.497 e. The van der Waals surface area contributed by atoms with Crippen LogP contribution in [-0.4, -0.2) is 19.9 Å². The van der Waals surface area contributed by atoms with Crippen molar-refractivity contribution in [2.24, 2.45) is 0 Å². The predicted octanol–water partition coefficient (Wildman–Crippen LogP) is 0.657. The van der Waals surface area contributed by atoms with E-state index in [1.165, 1.54) is 0 Å². The van der Waals surface area contributed by atoms with Crippen molar-refractivity contribution in [1.82, 2.24) is 6.15 Å². The number of nitro groups is 3. The van der Waals surface area contributed by atoms with E-state index >= 15 is 0 Å². The van der Waals surface area contributed by atoms with Crippen LogP contribution in [0.2, 0.25) is 0 Å². The van der Waals surface area contributed by atoms with Gasteiger partial charge < -0.3 is 22.7 Å². The minimum atomic E-state index is -1.43. The maximum absolute atomic E-state index is 10.6. The van der Waals surface area contributed by atoms with E-state index in [9.17, 15) is 35.4 Å². The van der Waals surface area contributed by atoms with Crippen LogP contribution in [0.15, 0.2) is 0 Å². The van der Waals surface area contributed by atoms with Gasteiger partial charge in [0.1, 0.15) is 0 Å². The molecule has 104 valence electrons. The van der Waals surface area contributed by atoms with Crippen LogP contribution in [0.25, 0.3) is 0 Å². The van der Waals surface area contributed by atoms with Gasteiger partial charge in [0, 0.05) is 0 Å². The van der Waals surface area contributed by atoms with Gasteiger partial charge >= 0.3 is 17.1 Å². The third-order valence-corrected chi connectivity index (χ3v) is 2.02. The number of phenolic OH excluding ortho intramolecular Hbond substituents is 1. The van der Waals surface area contributed by atoms with Crippen molar-refractivity contribution in [2.75, 3.05) is 11.5 Å². The molecule has 1 aromatic carbocycles. The summed E-state index contributed by atoms with van der Waals surface area (Å²) < 4.78 is 0. The fourth-order valence-corrected chi connectivity index (χ4v) is 1.30. The Morgan fingerprint density at radius 1 is 0.789 bits per heavy atom. The van der Waals surface area contributed by atoms with E-state index < -0.39 is 49.0 Å². The van der Waals surface area contributed by atoms with Crippen molar-refractivity contribution in [2.45, 2.75) is 0 Å². The second-order valence-corrected chi connectivity index (χ2v) is 2.99. The molecule has 9 N–H and O–H groups in total. The van der Waals surface area contributed by atoms with Gasteiger partial charge in [0.25, 0.3) is 5.75 Å². The van der Waals surface area contributed by atoms with Gasteiger partial charge in [-0.25, -0.2) is 0 Å². The Hall–Kier alpha value is -3.22. The molecule has 0 saturated carbocycles. The number of nitrogens with two attached hydrogens (primary N) is 2. The first-order valence-electron chi connectivity index (χ1n) is 4.07. The smallest absolute Gasteiger partial charge is 0.347 e. The monoisotopic (exact) mass is 277 g/mol. The van der Waals surface area contributed by atoms with Gasteiger partial charge in [0.15, 0.2) is 11.4 Å². The highest BCUT2D eigenvalue weighted by molar-refractivity contribution is 5.92. The number of hydrogen-bond donors (Lipinski definition) is 4. The number of benzene rings is 1. The molecule has 13 nitrogen and oxygen atoms in total. The van der Waals surface area contributed by atoms with E-state index in [0.717, 1.165) is 0 Å². The zero-order valence-corrected chi connectivity index (χ0v) is 9.39. The van der Waals surface area contributed by atoms with E-state index in [-0.39, 0.29) is 6.15 Å². The average molecular weight is 277 g/mol. The number of nitrogens with zero attached hydrogens (tertiary/aromatic N) is 3. The quantitative estimate of drug-likeness (QED) is 0.343. The molecule has 13 heteroatoms. The molecule has 0 bridgehead atoms. The molecule has 0 radical (unpaired) electrons. The van der Waals surface area contributed by atoms with E-state index in [1.807, 2.05) is 0 Å². The SMILES string of the molecule is Nc1c([N+](=O)[O-])c(N)c([N+](=O)[O-])c(O)c1[N+](=O)[O-].[NH4+]. The van der Waals surface area contributed by atoms with Crippen LogP contribution < -0.4 is 17.6 Å². The maximum Gasteiger partial charge on any atom is 0.347 e. The lowest BCUT2D eigenvalue weighted by Crippen LogP contribution is -2.07. The second kappa shape index (κ2) is 4.96. The molecule has 1 rings (SSSR count). The molecule has 0 saturated heterocycles. The predicted molar refractivity (Wildman–Crippen MR) is 62.9 cm³/mol. The van der Waals surface area contributed by atoms with Gasteiger partial charge in [-0.3, -0.25) is 30.3 Å². The second-order valence-electron chi connectivity index (χ2n) is 2.99. The minimum absolute atomic E-state index is 0. The molecule has 0 atom stereocenters. The fraction of sp³-hybridized carbons (Fsp3) is 0. The lowest BCUT2D eigenvalue weighted by Gasteiger charge is -2.05. The van der Waals surface area contributed by atoms with Gasteiger partial charge in [-0.2, -0.15) is 0 Å². The number of rotatable bonds is 3. The van der Waals surface area contributed by atoms with E-state index in [0.29, 0.717) is 0 Å². The maximum atomic E-state index is 10.6. The lowest BCUT2D eigenvalue weighted by atomic mass is 10.1. The van der Waals surface area contributed by atoms with Crippen molar-refractivity contribution in [3.63, 3.8) is 0 Å². The van der Waals surface area contributed by atoms with Crippen molar-refractivity contribution >= 4 is 28.4 Å². The van der Waals surface area contributed by atoms with E-state index in [1.54, 1.807) is 0 Å². The Bertz CT molecular complexity index is 482. The third kappa shape index (κ3) is 2.25. The fourth-order valence-electron chi connectivity index (χ4n) is 1.30. The molecule has 0 amide bonds. The van der Waals surface area contributed by atoms with Crippen molar-refractivity contribution in [3.8, 4) is 5.75 Å². The summed E-state index contributed by atoms with van der Waals surface area (Å²) in [5.74, 6) is -1.43. The molecule has 0 unspecified atom stereocenters. The summed E-state index contributed by atoms with van der Waals surface area (Å²) in [6.45, 7) is 0. The van der Waals surface area contributed by atoms with Crippen LogP contribution in [0, 0.1) is 30.3 Å². The Morgan fingerprint density at radius 3 is 1.26 bits per heavy atom. The summed E-state index contributed by atoms with van der Waals surface area (Å²) in [7, 11) is 0. The molecule has 0 fully saturated rings. The summed E-state index contributed by atoms with van der Waals surface area (Å²) in [6.07, 6.45) is 0. The average Bonchev–Trinajstić information content (AvgIpc) is 2.14. The summed E-state index contributed by atoms with van der Waals surface area (Å²) in [4.78, 5) is 28.0. The first-order valence-corrected chi connectivity index (χ1v) is 4.07. The van der Waals surface area contributed by atoms with Gasteiger partial charge in [-0.05, 0) is 0 Å². The van der Waals surface area contributed by atoms with Crippen LogP contribution in [0.3, 0.4) is 0 Å². The van der Waals surface area contributed by atoms with E-state index in [4.69, 9.17) is 11.5 Å². The zero-order chi connectivity index (χ0) is 14.2. The molecule has 0 spiro atoms. The summed E-state index contributed by atoms with van der Waals surface area (Å²) in [5, 5.41) is 41.1. The summed E-state index contributed by atoms with van der Waals surface area (Å²) in [6, 6.07) is 0. The molecule has 0 aromatic heterocycles. The van der Waals surface area contributed by atoms with Crippen LogP contribution in [0.5, 0.6) is 5.75 Å². The lowest BCUT2D eigenvalue weighted by molar-refractivity contribution is -0.401. The first kappa shape index (κ1) is 15.8. The number of nitro benzene ring substituents is 3. The van der Waals surface area contributed by atoms with Gasteiger partial charge in [-0.15, -0.1) is 0 Å². The number of hydrogen-bond acceptors (Lipinski definition) is 9. The molecule has 19 heavy (non-hydrogen) atoms. The number of anilines is 2. The standard InChI is InChI=1S/C6H5N5O7.H3N/c7-1-3(9(13)14)2(8)5(11(17)18)6(12)4(1)10(15)16;/h12H,7-8H2;1H3/p+1. The Labute approximate surface area is 103 Å². The third-order valence-electron chi connectivity index (χ3n) is 2.02. The van der Waals surface area contributed by atoms with Gasteiger partial charge in [-0.1, -0.05) is 0 Å². The summed E-state index contributed by atoms with van der Waals surface area (Å²) in [5.41, 5.74) is 4.27. The molecular formula is C6H9N6O7+. The molecule has 0 aliphatic heterocycles. The Morgan fingerprint density at radius 2 is 1.05 bits per heavy atom. The van der Waals surface area contributed by atoms with Crippen LogP contribution in [0.1, 0.15) is 0 Å². The normalized spacial score (nSPS) is 9.47. The van der Waals surface area contributed by atoms with Gasteiger partial charge in [0.05, 0.1) is 14.8 Å². The van der Waals surface area contributed by atoms with Crippen molar-refractivity contribution in [1.29, 1.82) is 0 Å². The molecule has 0 aliphatic carbocycles. The topological polar surface area (TPSA) is 238 Å². The molecule has 0 heterocycles. The van der Waals surface area contributed by atoms with Gasteiger partial charge in [0.2, 0.25) is 0 Å². The van der Waals surface area contributed by atoms with Crippen LogP contribution in [0.4, 0.5) is 28.4 Å². The highest BCUT2D eigenvalue weighted by Crippen LogP contribution is 2.50. The van der Waals surface area contributed by atoms with Crippen LogP contribution >= 0.6 is 0 Å². The van der Waals surface area contributed by atoms with E-state index in [2.05, 4.69) is 0 Å². The minimum Gasteiger partial charge on any atom is -0.497 e. The molecule has 1 aromatic rings. The van der Waals surface area contributed by atoms with Crippen molar-refractivity contribution in [3.05, 3.63) is 30.3 Å². The Balaban J connectivity index is 0.00000324. The number of quaternary nitrogens is 1. The van der Waals surface area contributed by atoms with Crippen LogP contribution in [-0.2, 0) is 0 Å². The first-order chi connectivity index (χ1) is 8.20. The highest BCUT2D eigenvalue weighted by atomic mass is 16.6.